The number of fused-ring (bicyclic) bond motifs is 1. The van der Waals surface area contributed by atoms with Crippen molar-refractivity contribution in [3.05, 3.63) is 52.5 Å². The number of hydrogen-bond acceptors (Lipinski definition) is 2. The summed E-state index contributed by atoms with van der Waals surface area (Å²) < 4.78 is 21.9. The topological polar surface area (TPSA) is 27.1 Å². The monoisotopic (exact) mass is 368 g/mol. The maximum Gasteiger partial charge on any atom is 0.151 e. The van der Waals surface area contributed by atoms with Crippen molar-refractivity contribution in [3.8, 4) is 11.4 Å². The van der Waals surface area contributed by atoms with Crippen molar-refractivity contribution in [1.82, 2.24) is 9.55 Å². The quantitative estimate of drug-likeness (QED) is 0.627. The highest BCUT2D eigenvalue weighted by atomic mass is 79.9. The first-order valence-electron chi connectivity index (χ1n) is 6.21. The number of aromatic nitrogens is 2. The van der Waals surface area contributed by atoms with Crippen molar-refractivity contribution in [2.75, 3.05) is 7.11 Å². The van der Waals surface area contributed by atoms with Crippen molar-refractivity contribution in [3.63, 3.8) is 0 Å². The van der Waals surface area contributed by atoms with Crippen molar-refractivity contribution in [2.24, 2.45) is 0 Å². The van der Waals surface area contributed by atoms with E-state index in [2.05, 4.69) is 20.9 Å². The summed E-state index contributed by atoms with van der Waals surface area (Å²) in [6.45, 7) is 0. The molecule has 3 nitrogen and oxygen atoms in total. The average molecular weight is 370 g/mol. The van der Waals surface area contributed by atoms with Crippen molar-refractivity contribution >= 4 is 38.6 Å². The molecule has 0 aliphatic carbocycles. The Morgan fingerprint density at radius 1 is 1.33 bits per heavy atom. The van der Waals surface area contributed by atoms with Crippen LogP contribution >= 0.6 is 27.5 Å². The third-order valence-electron chi connectivity index (χ3n) is 3.22. The molecule has 0 saturated carbocycles. The highest BCUT2D eigenvalue weighted by molar-refractivity contribution is 9.10. The van der Waals surface area contributed by atoms with Gasteiger partial charge in [-0.1, -0.05) is 6.07 Å². The zero-order chi connectivity index (χ0) is 15.0. The van der Waals surface area contributed by atoms with E-state index < -0.39 is 0 Å². The lowest BCUT2D eigenvalue weighted by Gasteiger charge is -2.11. The minimum Gasteiger partial charge on any atom is -0.497 e. The summed E-state index contributed by atoms with van der Waals surface area (Å²) in [5.41, 5.74) is 1.78. The lowest BCUT2D eigenvalue weighted by Crippen LogP contribution is -2.01. The van der Waals surface area contributed by atoms with Crippen LogP contribution in [0, 0.1) is 5.82 Å². The number of halogens is 3. The number of imidazole rings is 1. The summed E-state index contributed by atoms with van der Waals surface area (Å²) in [4.78, 5) is 4.30. The minimum atomic E-state index is -0.364. The number of nitrogens with zero attached hydrogens (tertiary/aromatic N) is 2. The summed E-state index contributed by atoms with van der Waals surface area (Å²) >= 11 is 9.49. The Labute approximate surface area is 134 Å². The standard InChI is InChI=1S/C15H11BrClFN2O/c1-21-9-5-6-10(16)13(7-9)20-12-4-2-3-11(18)15(12)19-14(20)8-17/h2-7H,8H2,1H3. The second kappa shape index (κ2) is 5.66. The van der Waals surface area contributed by atoms with Gasteiger partial charge in [0.15, 0.2) is 5.82 Å². The molecule has 6 heteroatoms. The zero-order valence-corrected chi connectivity index (χ0v) is 13.4. The fraction of sp³-hybridized carbons (Fsp3) is 0.133. The zero-order valence-electron chi connectivity index (χ0n) is 11.1. The van der Waals surface area contributed by atoms with Gasteiger partial charge < -0.3 is 4.74 Å². The molecule has 21 heavy (non-hydrogen) atoms. The summed E-state index contributed by atoms with van der Waals surface area (Å²) in [7, 11) is 1.60. The van der Waals surface area contributed by atoms with Gasteiger partial charge >= 0.3 is 0 Å². The van der Waals surface area contributed by atoms with Gasteiger partial charge in [-0.15, -0.1) is 11.6 Å². The Balaban J connectivity index is 2.36. The second-order valence-electron chi connectivity index (χ2n) is 4.42. The molecule has 0 atom stereocenters. The van der Waals surface area contributed by atoms with E-state index in [1.165, 1.54) is 6.07 Å². The number of methoxy groups -OCH3 is 1. The van der Waals surface area contributed by atoms with Crippen LogP contribution < -0.4 is 4.74 Å². The average Bonchev–Trinajstić information content (AvgIpc) is 2.88. The van der Waals surface area contributed by atoms with E-state index in [1.54, 1.807) is 13.2 Å². The van der Waals surface area contributed by atoms with Crippen LogP contribution in [0.3, 0.4) is 0 Å². The molecule has 0 radical (unpaired) electrons. The van der Waals surface area contributed by atoms with Gasteiger partial charge in [0.25, 0.3) is 0 Å². The Bertz CT molecular complexity index is 819. The molecule has 1 heterocycles. The summed E-state index contributed by atoms with van der Waals surface area (Å²) in [5, 5.41) is 0. The number of hydrogen-bond donors (Lipinski definition) is 0. The van der Waals surface area contributed by atoms with Crippen molar-refractivity contribution in [2.45, 2.75) is 5.88 Å². The predicted octanol–water partition coefficient (Wildman–Crippen LogP) is 4.67. The van der Waals surface area contributed by atoms with E-state index in [4.69, 9.17) is 16.3 Å². The molecule has 108 valence electrons. The first-order chi connectivity index (χ1) is 10.2. The molecule has 1 aromatic heterocycles. The normalized spacial score (nSPS) is 11.0. The molecule has 0 bridgehead atoms. The summed E-state index contributed by atoms with van der Waals surface area (Å²) in [6.07, 6.45) is 0. The van der Waals surface area contributed by atoms with Crippen molar-refractivity contribution in [1.29, 1.82) is 0 Å². The smallest absolute Gasteiger partial charge is 0.151 e. The van der Waals surface area contributed by atoms with E-state index >= 15 is 0 Å². The Kier molecular flexibility index (Phi) is 3.87. The van der Waals surface area contributed by atoms with E-state index in [-0.39, 0.29) is 11.7 Å². The maximum absolute atomic E-state index is 13.9. The molecule has 0 amide bonds. The number of rotatable bonds is 3. The van der Waals surface area contributed by atoms with Crippen LogP contribution in [-0.4, -0.2) is 16.7 Å². The van der Waals surface area contributed by atoms with E-state index in [9.17, 15) is 4.39 Å². The third-order valence-corrected chi connectivity index (χ3v) is 4.13. The molecule has 0 aliphatic heterocycles. The highest BCUT2D eigenvalue weighted by Gasteiger charge is 2.16. The van der Waals surface area contributed by atoms with Crippen molar-refractivity contribution < 1.29 is 9.13 Å². The SMILES string of the molecule is COc1ccc(Br)c(-n2c(CCl)nc3c(F)cccc32)c1. The van der Waals surface area contributed by atoms with E-state index in [0.717, 1.165) is 10.2 Å². The van der Waals surface area contributed by atoms with Gasteiger partial charge in [0.05, 0.1) is 24.2 Å². The second-order valence-corrected chi connectivity index (χ2v) is 5.54. The first kappa shape index (κ1) is 14.4. The minimum absolute atomic E-state index is 0.178. The molecule has 0 aliphatic rings. The summed E-state index contributed by atoms with van der Waals surface area (Å²) in [6, 6.07) is 10.4. The number of benzene rings is 2. The first-order valence-corrected chi connectivity index (χ1v) is 7.54. The Hall–Kier alpha value is -1.59. The lowest BCUT2D eigenvalue weighted by molar-refractivity contribution is 0.414. The molecule has 2 aromatic carbocycles. The fourth-order valence-electron chi connectivity index (χ4n) is 2.26. The van der Waals surface area contributed by atoms with E-state index in [1.807, 2.05) is 28.8 Å². The van der Waals surface area contributed by atoms with Gasteiger partial charge in [-0.2, -0.15) is 0 Å². The van der Waals surface area contributed by atoms with Gasteiger partial charge in [0.2, 0.25) is 0 Å². The Morgan fingerprint density at radius 3 is 2.86 bits per heavy atom. The van der Waals surface area contributed by atoms with E-state index in [0.29, 0.717) is 22.6 Å². The van der Waals surface area contributed by atoms with Crippen LogP contribution in [-0.2, 0) is 5.88 Å². The van der Waals surface area contributed by atoms with Crippen LogP contribution in [0.15, 0.2) is 40.9 Å². The van der Waals surface area contributed by atoms with Gasteiger partial charge in [-0.25, -0.2) is 9.37 Å². The molecule has 0 spiro atoms. The third kappa shape index (κ3) is 2.40. The lowest BCUT2D eigenvalue weighted by atomic mass is 10.2. The number of alkyl halides is 1. The van der Waals surface area contributed by atoms with Crippen LogP contribution in [0.1, 0.15) is 5.82 Å². The van der Waals surface area contributed by atoms with Gasteiger partial charge in [-0.3, -0.25) is 4.57 Å². The molecular weight excluding hydrogens is 359 g/mol. The fourth-order valence-corrected chi connectivity index (χ4v) is 2.87. The number of para-hydroxylation sites is 1. The van der Waals surface area contributed by atoms with Crippen LogP contribution in [0.2, 0.25) is 0 Å². The molecular formula is C15H11BrClFN2O. The molecule has 3 aromatic rings. The number of ether oxygens (including phenoxy) is 1. The molecule has 0 N–H and O–H groups in total. The van der Waals surface area contributed by atoms with Crippen LogP contribution in [0.25, 0.3) is 16.7 Å². The van der Waals surface area contributed by atoms with Crippen LogP contribution in [0.4, 0.5) is 4.39 Å². The van der Waals surface area contributed by atoms with Gasteiger partial charge in [-0.05, 0) is 40.2 Å². The maximum atomic E-state index is 13.9. The molecule has 0 saturated heterocycles. The molecule has 0 fully saturated rings. The molecule has 3 rings (SSSR count). The largest absolute Gasteiger partial charge is 0.497 e. The Morgan fingerprint density at radius 2 is 2.14 bits per heavy atom. The van der Waals surface area contributed by atoms with Crippen LogP contribution in [0.5, 0.6) is 5.75 Å². The predicted molar refractivity (Wildman–Crippen MR) is 84.8 cm³/mol. The highest BCUT2D eigenvalue weighted by Crippen LogP contribution is 2.31. The van der Waals surface area contributed by atoms with Gasteiger partial charge in [0, 0.05) is 10.5 Å². The molecule has 0 unspecified atom stereocenters. The van der Waals surface area contributed by atoms with Gasteiger partial charge in [0.1, 0.15) is 17.1 Å². The summed E-state index contributed by atoms with van der Waals surface area (Å²) in [5.74, 6) is 1.09.